The van der Waals surface area contributed by atoms with Crippen molar-refractivity contribution in [2.45, 2.75) is 57.5 Å². The normalized spacial score (nSPS) is 18.3. The molecule has 2 aromatic rings. The first-order valence-corrected chi connectivity index (χ1v) is 12.8. The highest BCUT2D eigenvalue weighted by molar-refractivity contribution is 6.30. The second kappa shape index (κ2) is 10.3. The third kappa shape index (κ3) is 4.70. The zero-order chi connectivity index (χ0) is 25.2. The number of carboxylic acid groups (broad SMARTS) is 1. The largest absolute Gasteiger partial charge is 0.489 e. The number of hydrogen-bond donors (Lipinski definition) is 1. The van der Waals surface area contributed by atoms with Crippen LogP contribution in [0.3, 0.4) is 0 Å². The van der Waals surface area contributed by atoms with Crippen LogP contribution in [0.25, 0.3) is 0 Å². The lowest BCUT2D eigenvalue weighted by atomic mass is 9.70. The number of carbonyl (C=O) groups excluding carboxylic acids is 2. The number of hydrogen-bond acceptors (Lipinski definition) is 5. The van der Waals surface area contributed by atoms with E-state index in [2.05, 4.69) is 0 Å². The van der Waals surface area contributed by atoms with E-state index in [0.717, 1.165) is 35.4 Å². The van der Waals surface area contributed by atoms with Crippen molar-refractivity contribution in [1.82, 2.24) is 4.90 Å². The van der Waals surface area contributed by atoms with Crippen LogP contribution in [0.1, 0.15) is 62.0 Å². The monoisotopic (exact) mass is 505 g/mol. The Kier molecular flexibility index (Phi) is 6.97. The molecular weight excluding hydrogens is 478 g/mol. The number of nitrogens with zero attached hydrogens (tertiary/aromatic N) is 1. The molecule has 1 heterocycles. The summed E-state index contributed by atoms with van der Waals surface area (Å²) in [5.41, 5.74) is 4.76. The second-order valence-corrected chi connectivity index (χ2v) is 9.89. The maximum absolute atomic E-state index is 13.4. The van der Waals surface area contributed by atoms with E-state index in [1.807, 2.05) is 53.4 Å². The molecule has 0 amide bonds. The van der Waals surface area contributed by atoms with E-state index in [4.69, 9.17) is 16.3 Å². The standard InChI is InChI=1S/C29H28ClNO5/c30-19-13-11-18(12-14-19)17-36-25-10-2-1-5-20(25)27-28-21(6-3-8-23(28)32)31(16-15-26(34)35)22-7-4-9-24(33)29(22)27/h1-2,5,10-14,27H,3-4,6-9,15-17H2,(H,34,35). The summed E-state index contributed by atoms with van der Waals surface area (Å²) < 4.78 is 6.25. The smallest absolute Gasteiger partial charge is 0.305 e. The number of halogens is 1. The quantitative estimate of drug-likeness (QED) is 0.511. The van der Waals surface area contributed by atoms with Crippen LogP contribution in [0.4, 0.5) is 0 Å². The topological polar surface area (TPSA) is 83.9 Å². The SMILES string of the molecule is O=C(O)CCN1C2=C(C(=O)CCC2)C(c2ccccc2OCc2ccc(Cl)cc2)C2=C1CCCC2=O. The van der Waals surface area contributed by atoms with Crippen LogP contribution < -0.4 is 4.74 Å². The first-order valence-electron chi connectivity index (χ1n) is 12.4. The molecular formula is C29H28ClNO5. The molecule has 1 N–H and O–H groups in total. The van der Waals surface area contributed by atoms with Gasteiger partial charge in [0.1, 0.15) is 12.4 Å². The molecule has 5 rings (SSSR count). The number of ether oxygens (including phenoxy) is 1. The highest BCUT2D eigenvalue weighted by atomic mass is 35.5. The van der Waals surface area contributed by atoms with Crippen LogP contribution in [-0.4, -0.2) is 34.1 Å². The van der Waals surface area contributed by atoms with Gasteiger partial charge in [-0.05, 0) is 49.4 Å². The first-order chi connectivity index (χ1) is 17.4. The number of para-hydroxylation sites is 1. The molecule has 0 radical (unpaired) electrons. The summed E-state index contributed by atoms with van der Waals surface area (Å²) >= 11 is 6.01. The van der Waals surface area contributed by atoms with E-state index in [1.165, 1.54) is 0 Å². The van der Waals surface area contributed by atoms with Crippen LogP contribution >= 0.6 is 11.6 Å². The van der Waals surface area contributed by atoms with Gasteiger partial charge in [-0.1, -0.05) is 41.9 Å². The van der Waals surface area contributed by atoms with Crippen molar-refractivity contribution in [1.29, 1.82) is 0 Å². The van der Waals surface area contributed by atoms with Crippen LogP contribution in [0, 0.1) is 0 Å². The van der Waals surface area contributed by atoms with Gasteiger partial charge in [0.25, 0.3) is 0 Å². The highest BCUT2D eigenvalue weighted by Crippen LogP contribution is 2.50. The molecule has 186 valence electrons. The fourth-order valence-corrected chi connectivity index (χ4v) is 5.72. The number of carbonyl (C=O) groups is 3. The van der Waals surface area contributed by atoms with Crippen LogP contribution in [-0.2, 0) is 21.0 Å². The number of Topliss-reactive ketones (excluding diaryl/α,β-unsaturated/α-hetero) is 2. The van der Waals surface area contributed by atoms with E-state index < -0.39 is 11.9 Å². The van der Waals surface area contributed by atoms with Gasteiger partial charge in [0.15, 0.2) is 11.6 Å². The number of rotatable bonds is 7. The van der Waals surface area contributed by atoms with Gasteiger partial charge in [-0.15, -0.1) is 0 Å². The predicted octanol–water partition coefficient (Wildman–Crippen LogP) is 5.81. The molecule has 0 unspecified atom stereocenters. The van der Waals surface area contributed by atoms with Gasteiger partial charge in [0, 0.05) is 58.4 Å². The van der Waals surface area contributed by atoms with Gasteiger partial charge in [-0.25, -0.2) is 0 Å². The molecule has 3 aliphatic rings. The van der Waals surface area contributed by atoms with Crippen molar-refractivity contribution in [3.8, 4) is 5.75 Å². The number of ketones is 2. The maximum Gasteiger partial charge on any atom is 0.305 e. The molecule has 0 bridgehead atoms. The average molecular weight is 506 g/mol. The minimum Gasteiger partial charge on any atom is -0.489 e. The fourth-order valence-electron chi connectivity index (χ4n) is 5.60. The lowest BCUT2D eigenvalue weighted by Crippen LogP contribution is -2.40. The Morgan fingerprint density at radius 1 is 0.917 bits per heavy atom. The van der Waals surface area contributed by atoms with Crippen LogP contribution in [0.15, 0.2) is 71.1 Å². The zero-order valence-electron chi connectivity index (χ0n) is 20.0. The van der Waals surface area contributed by atoms with Gasteiger partial charge in [-0.2, -0.15) is 0 Å². The Balaban J connectivity index is 1.60. The Hall–Kier alpha value is -3.38. The van der Waals surface area contributed by atoms with E-state index in [-0.39, 0.29) is 24.5 Å². The summed E-state index contributed by atoms with van der Waals surface area (Å²) in [5.74, 6) is -0.713. The van der Waals surface area contributed by atoms with E-state index in [0.29, 0.717) is 54.2 Å². The van der Waals surface area contributed by atoms with E-state index in [1.54, 1.807) is 0 Å². The summed E-state index contributed by atoms with van der Waals surface area (Å²) in [4.78, 5) is 40.2. The third-order valence-electron chi connectivity index (χ3n) is 7.17. The molecule has 0 atom stereocenters. The maximum atomic E-state index is 13.4. The highest BCUT2D eigenvalue weighted by Gasteiger charge is 2.44. The molecule has 36 heavy (non-hydrogen) atoms. The molecule has 0 saturated carbocycles. The van der Waals surface area contributed by atoms with Crippen molar-refractivity contribution in [2.75, 3.05) is 6.54 Å². The molecule has 1 aliphatic heterocycles. The predicted molar refractivity (Wildman–Crippen MR) is 136 cm³/mol. The molecule has 0 aromatic heterocycles. The molecule has 2 aromatic carbocycles. The number of benzene rings is 2. The zero-order valence-corrected chi connectivity index (χ0v) is 20.7. The summed E-state index contributed by atoms with van der Waals surface area (Å²) in [6.45, 7) is 0.584. The van der Waals surface area contributed by atoms with Gasteiger partial charge in [0.05, 0.1) is 6.42 Å². The molecule has 0 fully saturated rings. The van der Waals surface area contributed by atoms with Crippen molar-refractivity contribution in [2.24, 2.45) is 0 Å². The van der Waals surface area contributed by atoms with Crippen molar-refractivity contribution in [3.63, 3.8) is 0 Å². The lowest BCUT2D eigenvalue weighted by molar-refractivity contribution is -0.137. The van der Waals surface area contributed by atoms with Crippen molar-refractivity contribution in [3.05, 3.63) is 87.2 Å². The minimum atomic E-state index is -0.897. The number of allylic oxidation sites excluding steroid dienone is 4. The third-order valence-corrected chi connectivity index (χ3v) is 7.43. The molecule has 7 heteroatoms. The average Bonchev–Trinajstić information content (AvgIpc) is 2.87. The lowest BCUT2D eigenvalue weighted by Gasteiger charge is -2.44. The van der Waals surface area contributed by atoms with Crippen LogP contribution in [0.5, 0.6) is 5.75 Å². The Morgan fingerprint density at radius 3 is 2.14 bits per heavy atom. The first kappa shape index (κ1) is 24.3. The van der Waals surface area contributed by atoms with Crippen molar-refractivity contribution >= 4 is 29.1 Å². The summed E-state index contributed by atoms with van der Waals surface area (Å²) in [5, 5.41) is 10.0. The summed E-state index contributed by atoms with van der Waals surface area (Å²) in [7, 11) is 0. The summed E-state index contributed by atoms with van der Waals surface area (Å²) in [6, 6.07) is 15.0. The van der Waals surface area contributed by atoms with E-state index in [9.17, 15) is 19.5 Å². The Morgan fingerprint density at radius 2 is 1.53 bits per heavy atom. The summed E-state index contributed by atoms with van der Waals surface area (Å²) in [6.07, 6.45) is 3.62. The van der Waals surface area contributed by atoms with Gasteiger partial charge in [0.2, 0.25) is 0 Å². The number of aliphatic carboxylic acids is 1. The van der Waals surface area contributed by atoms with Gasteiger partial charge >= 0.3 is 5.97 Å². The Labute approximate surface area is 215 Å². The molecule has 0 saturated heterocycles. The molecule has 0 spiro atoms. The Bertz CT molecular complexity index is 1230. The second-order valence-electron chi connectivity index (χ2n) is 9.46. The van der Waals surface area contributed by atoms with Crippen molar-refractivity contribution < 1.29 is 24.2 Å². The minimum absolute atomic E-state index is 0.0269. The van der Waals surface area contributed by atoms with Gasteiger partial charge in [-0.3, -0.25) is 14.4 Å². The van der Waals surface area contributed by atoms with Gasteiger partial charge < -0.3 is 14.7 Å². The fraction of sp³-hybridized carbons (Fsp3) is 0.345. The molecule has 2 aliphatic carbocycles. The van der Waals surface area contributed by atoms with E-state index >= 15 is 0 Å². The number of carboxylic acids is 1. The molecule has 6 nitrogen and oxygen atoms in total. The van der Waals surface area contributed by atoms with Crippen LogP contribution in [0.2, 0.25) is 5.02 Å².